The van der Waals surface area contributed by atoms with Crippen molar-refractivity contribution in [2.24, 2.45) is 11.7 Å². The maximum atomic E-state index is 12.1. The van der Waals surface area contributed by atoms with Gasteiger partial charge in [0.15, 0.2) is 0 Å². The van der Waals surface area contributed by atoms with Crippen molar-refractivity contribution in [1.82, 2.24) is 15.1 Å². The Morgan fingerprint density at radius 1 is 1.14 bits per heavy atom. The Hall–Kier alpha value is -0.560. The van der Waals surface area contributed by atoms with Gasteiger partial charge in [-0.05, 0) is 12.8 Å². The highest BCUT2D eigenvalue weighted by molar-refractivity contribution is 5.85. The molecule has 126 valence electrons. The van der Waals surface area contributed by atoms with Crippen molar-refractivity contribution in [3.63, 3.8) is 0 Å². The second-order valence-electron chi connectivity index (χ2n) is 5.32. The van der Waals surface area contributed by atoms with Gasteiger partial charge in [-0.3, -0.25) is 14.5 Å². The third-order valence-corrected chi connectivity index (χ3v) is 3.43. The quantitative estimate of drug-likeness (QED) is 0.742. The SMILES string of the molecule is CCNC(=O)CN1CCN(C(=O)[C@H](N)C(C)C)CC1.Cl.Cl. The third kappa shape index (κ3) is 7.31. The van der Waals surface area contributed by atoms with Crippen molar-refractivity contribution in [3.05, 3.63) is 0 Å². The molecule has 0 bridgehead atoms. The van der Waals surface area contributed by atoms with Crippen molar-refractivity contribution < 1.29 is 9.59 Å². The van der Waals surface area contributed by atoms with Crippen molar-refractivity contribution in [3.8, 4) is 0 Å². The molecule has 0 radical (unpaired) electrons. The zero-order chi connectivity index (χ0) is 14.4. The zero-order valence-electron chi connectivity index (χ0n) is 13.0. The summed E-state index contributed by atoms with van der Waals surface area (Å²) >= 11 is 0. The highest BCUT2D eigenvalue weighted by Crippen LogP contribution is 2.07. The number of nitrogens with one attached hydrogen (secondary N) is 1. The van der Waals surface area contributed by atoms with E-state index in [1.807, 2.05) is 20.8 Å². The number of amides is 2. The number of nitrogens with zero attached hydrogens (tertiary/aromatic N) is 2. The second kappa shape index (κ2) is 11.1. The van der Waals surface area contributed by atoms with Crippen molar-refractivity contribution in [2.45, 2.75) is 26.8 Å². The molecule has 1 rings (SSSR count). The van der Waals surface area contributed by atoms with Crippen molar-refractivity contribution in [2.75, 3.05) is 39.3 Å². The monoisotopic (exact) mass is 342 g/mol. The van der Waals surface area contributed by atoms with E-state index in [0.717, 1.165) is 13.1 Å². The molecule has 1 fully saturated rings. The molecule has 3 N–H and O–H groups in total. The molecule has 8 heteroatoms. The molecule has 1 saturated heterocycles. The maximum Gasteiger partial charge on any atom is 0.239 e. The number of hydrogen-bond donors (Lipinski definition) is 2. The Morgan fingerprint density at radius 2 is 1.67 bits per heavy atom. The smallest absolute Gasteiger partial charge is 0.239 e. The summed E-state index contributed by atoms with van der Waals surface area (Å²) in [4.78, 5) is 27.4. The lowest BCUT2D eigenvalue weighted by atomic mass is 10.0. The first-order valence-corrected chi connectivity index (χ1v) is 6.99. The fourth-order valence-electron chi connectivity index (χ4n) is 2.08. The standard InChI is InChI=1S/C13H26N4O2.2ClH/c1-4-15-11(18)9-16-5-7-17(8-6-16)13(19)12(14)10(2)3;;/h10,12H,4-9,14H2,1-3H3,(H,15,18);2*1H/t12-;;/m1../s1. The largest absolute Gasteiger partial charge is 0.355 e. The molecule has 1 heterocycles. The van der Waals surface area contributed by atoms with E-state index >= 15 is 0 Å². The number of nitrogens with two attached hydrogens (primary N) is 1. The fraction of sp³-hybridized carbons (Fsp3) is 0.846. The van der Waals surface area contributed by atoms with Crippen LogP contribution in [0.4, 0.5) is 0 Å². The van der Waals surface area contributed by atoms with E-state index in [0.29, 0.717) is 26.2 Å². The van der Waals surface area contributed by atoms with Gasteiger partial charge >= 0.3 is 0 Å². The molecule has 1 aliphatic rings. The number of carbonyl (C=O) groups is 2. The topological polar surface area (TPSA) is 78.7 Å². The lowest BCUT2D eigenvalue weighted by molar-refractivity contribution is -0.135. The molecule has 0 aromatic heterocycles. The van der Waals surface area contributed by atoms with Crippen LogP contribution >= 0.6 is 24.8 Å². The number of likely N-dealkylation sites (N-methyl/N-ethyl adjacent to an activating group) is 1. The van der Waals surface area contributed by atoms with Crippen LogP contribution in [-0.4, -0.2) is 66.9 Å². The van der Waals surface area contributed by atoms with Gasteiger partial charge in [0.2, 0.25) is 11.8 Å². The van der Waals surface area contributed by atoms with Crippen LogP contribution < -0.4 is 11.1 Å². The van der Waals surface area contributed by atoms with E-state index in [1.165, 1.54) is 0 Å². The molecule has 0 aliphatic carbocycles. The summed E-state index contributed by atoms with van der Waals surface area (Å²) in [5.41, 5.74) is 5.88. The van der Waals surface area contributed by atoms with Gasteiger partial charge in [0.25, 0.3) is 0 Å². The van der Waals surface area contributed by atoms with Gasteiger partial charge in [0, 0.05) is 32.7 Å². The predicted octanol–water partition coefficient (Wildman–Crippen LogP) is 0.0936. The van der Waals surface area contributed by atoms with Gasteiger partial charge in [-0.25, -0.2) is 0 Å². The van der Waals surface area contributed by atoms with E-state index in [2.05, 4.69) is 10.2 Å². The first-order valence-electron chi connectivity index (χ1n) is 6.99. The average molecular weight is 343 g/mol. The van der Waals surface area contributed by atoms with Crippen molar-refractivity contribution >= 4 is 36.6 Å². The van der Waals surface area contributed by atoms with Gasteiger partial charge in [-0.15, -0.1) is 24.8 Å². The minimum absolute atomic E-state index is 0. The number of halogens is 2. The van der Waals surface area contributed by atoms with E-state index in [-0.39, 0.29) is 42.5 Å². The summed E-state index contributed by atoms with van der Waals surface area (Å²) in [6.07, 6.45) is 0. The summed E-state index contributed by atoms with van der Waals surface area (Å²) in [6, 6.07) is -0.421. The minimum atomic E-state index is -0.421. The van der Waals surface area contributed by atoms with Gasteiger partial charge in [-0.2, -0.15) is 0 Å². The number of carbonyl (C=O) groups excluding carboxylic acids is 2. The van der Waals surface area contributed by atoms with E-state index < -0.39 is 6.04 Å². The molecular formula is C13H28Cl2N4O2. The summed E-state index contributed by atoms with van der Waals surface area (Å²) in [7, 11) is 0. The molecule has 1 aliphatic heterocycles. The molecule has 0 aromatic rings. The molecular weight excluding hydrogens is 315 g/mol. The second-order valence-corrected chi connectivity index (χ2v) is 5.32. The van der Waals surface area contributed by atoms with Crippen LogP contribution in [0.1, 0.15) is 20.8 Å². The minimum Gasteiger partial charge on any atom is -0.355 e. The van der Waals surface area contributed by atoms with Gasteiger partial charge < -0.3 is 16.0 Å². The Morgan fingerprint density at radius 3 is 2.10 bits per heavy atom. The van der Waals surface area contributed by atoms with Gasteiger partial charge in [-0.1, -0.05) is 13.8 Å². The third-order valence-electron chi connectivity index (χ3n) is 3.43. The normalized spacial score (nSPS) is 16.7. The van der Waals surface area contributed by atoms with E-state index in [9.17, 15) is 9.59 Å². The van der Waals surface area contributed by atoms with Gasteiger partial charge in [0.05, 0.1) is 12.6 Å². The first kappa shape index (κ1) is 22.7. The lowest BCUT2D eigenvalue weighted by Gasteiger charge is -2.36. The molecule has 0 aromatic carbocycles. The number of rotatable bonds is 5. The molecule has 0 saturated carbocycles. The zero-order valence-corrected chi connectivity index (χ0v) is 14.6. The maximum absolute atomic E-state index is 12.1. The molecule has 0 unspecified atom stereocenters. The molecule has 0 spiro atoms. The van der Waals surface area contributed by atoms with E-state index in [1.54, 1.807) is 4.90 Å². The van der Waals surface area contributed by atoms with Gasteiger partial charge in [0.1, 0.15) is 0 Å². The Labute approximate surface area is 139 Å². The lowest BCUT2D eigenvalue weighted by Crippen LogP contribution is -2.55. The Kier molecular flexibility index (Phi) is 12.0. The Bertz CT molecular complexity index is 321. The Balaban J connectivity index is 0. The summed E-state index contributed by atoms with van der Waals surface area (Å²) < 4.78 is 0. The average Bonchev–Trinajstić information content (AvgIpc) is 2.38. The summed E-state index contributed by atoms with van der Waals surface area (Å²) in [5.74, 6) is 0.217. The summed E-state index contributed by atoms with van der Waals surface area (Å²) in [6.45, 7) is 9.63. The number of piperazine rings is 1. The van der Waals surface area contributed by atoms with Crippen LogP contribution in [0.25, 0.3) is 0 Å². The molecule has 6 nitrogen and oxygen atoms in total. The number of hydrogen-bond acceptors (Lipinski definition) is 4. The predicted molar refractivity (Wildman–Crippen MR) is 89.0 cm³/mol. The van der Waals surface area contributed by atoms with Crippen LogP contribution in [0, 0.1) is 5.92 Å². The first-order chi connectivity index (χ1) is 8.95. The molecule has 1 atom stereocenters. The molecule has 2 amide bonds. The molecule has 21 heavy (non-hydrogen) atoms. The van der Waals surface area contributed by atoms with Crippen LogP contribution in [0.5, 0.6) is 0 Å². The summed E-state index contributed by atoms with van der Waals surface area (Å²) in [5, 5.41) is 2.78. The van der Waals surface area contributed by atoms with E-state index in [4.69, 9.17) is 5.73 Å². The van der Waals surface area contributed by atoms with Crippen LogP contribution in [0.2, 0.25) is 0 Å². The van der Waals surface area contributed by atoms with Crippen molar-refractivity contribution in [1.29, 1.82) is 0 Å². The highest BCUT2D eigenvalue weighted by Gasteiger charge is 2.27. The van der Waals surface area contributed by atoms with Crippen LogP contribution in [0.3, 0.4) is 0 Å². The fourth-order valence-corrected chi connectivity index (χ4v) is 2.08. The highest BCUT2D eigenvalue weighted by atomic mass is 35.5. The van der Waals surface area contributed by atoms with Crippen LogP contribution in [0.15, 0.2) is 0 Å². The van der Waals surface area contributed by atoms with Crippen LogP contribution in [-0.2, 0) is 9.59 Å².